The Bertz CT molecular complexity index is 1080. The van der Waals surface area contributed by atoms with Gasteiger partial charge >= 0.3 is 6.18 Å². The van der Waals surface area contributed by atoms with Crippen LogP contribution in [0.15, 0.2) is 30.7 Å². The van der Waals surface area contributed by atoms with Crippen molar-refractivity contribution in [1.29, 1.82) is 0 Å². The van der Waals surface area contributed by atoms with Crippen molar-refractivity contribution in [2.24, 2.45) is 0 Å². The average Bonchev–Trinajstić information content (AvgIpc) is 3.17. The van der Waals surface area contributed by atoms with Gasteiger partial charge in [-0.1, -0.05) is 0 Å². The first kappa shape index (κ1) is 16.3. The lowest BCUT2D eigenvalue weighted by Gasteiger charge is -2.07. The molecule has 7 nitrogen and oxygen atoms in total. The predicted octanol–water partition coefficient (Wildman–Crippen LogP) is 3.34. The second-order valence-electron chi connectivity index (χ2n) is 5.84. The smallest absolute Gasteiger partial charge is 0.354 e. The summed E-state index contributed by atoms with van der Waals surface area (Å²) < 4.78 is 38.4. The molecule has 0 aromatic carbocycles. The number of H-pyrrole nitrogens is 1. The summed E-state index contributed by atoms with van der Waals surface area (Å²) in [5.41, 5.74) is 3.70. The fraction of sp³-hybridized carbons (Fsp3) is 0.250. The molecule has 0 saturated heterocycles. The lowest BCUT2D eigenvalue weighted by Crippen LogP contribution is -2.15. The van der Waals surface area contributed by atoms with E-state index >= 15 is 0 Å². The van der Waals surface area contributed by atoms with Gasteiger partial charge in [0.05, 0.1) is 24.0 Å². The monoisotopic (exact) mass is 361 g/mol. The molecular formula is C16H14F3N7. The molecule has 4 rings (SSSR count). The highest BCUT2D eigenvalue weighted by atomic mass is 19.4. The molecule has 134 valence electrons. The number of halogens is 3. The molecule has 0 saturated carbocycles. The van der Waals surface area contributed by atoms with E-state index in [9.17, 15) is 13.2 Å². The molecule has 0 fully saturated rings. The van der Waals surface area contributed by atoms with Crippen molar-refractivity contribution < 1.29 is 13.2 Å². The highest BCUT2D eigenvalue weighted by Gasteiger charge is 2.26. The standard InChI is InChI=1S/C16H14F3N7/c1-9-6-21-13-3-2-12(25-26(9)13)10-7-22-14-11(10)8-23-15(24-14)20-5-4-16(17,18)19/h2-3,6-8H,4-5H2,1H3,(H2,20,22,23,24). The summed E-state index contributed by atoms with van der Waals surface area (Å²) in [4.78, 5) is 15.6. The van der Waals surface area contributed by atoms with Crippen LogP contribution in [-0.2, 0) is 0 Å². The number of fused-ring (bicyclic) bond motifs is 2. The number of hydrogen-bond donors (Lipinski definition) is 2. The predicted molar refractivity (Wildman–Crippen MR) is 89.8 cm³/mol. The zero-order valence-corrected chi connectivity index (χ0v) is 13.7. The molecule has 4 aromatic heterocycles. The van der Waals surface area contributed by atoms with E-state index in [4.69, 9.17) is 0 Å². The van der Waals surface area contributed by atoms with Gasteiger partial charge in [-0.25, -0.2) is 14.5 Å². The first-order valence-corrected chi connectivity index (χ1v) is 7.87. The Morgan fingerprint density at radius 2 is 2.04 bits per heavy atom. The third-order valence-corrected chi connectivity index (χ3v) is 3.93. The Hall–Kier alpha value is -3.17. The van der Waals surface area contributed by atoms with Crippen molar-refractivity contribution >= 4 is 22.6 Å². The van der Waals surface area contributed by atoms with Gasteiger partial charge in [0.1, 0.15) is 5.65 Å². The van der Waals surface area contributed by atoms with Crippen LogP contribution in [0.3, 0.4) is 0 Å². The number of alkyl halides is 3. The molecule has 0 bridgehead atoms. The maximum atomic E-state index is 12.2. The van der Waals surface area contributed by atoms with Gasteiger partial charge in [-0.3, -0.25) is 0 Å². The number of aromatic nitrogens is 6. The van der Waals surface area contributed by atoms with Crippen molar-refractivity contribution in [3.05, 3.63) is 36.4 Å². The van der Waals surface area contributed by atoms with Gasteiger partial charge in [0, 0.05) is 29.9 Å². The molecule has 0 atom stereocenters. The highest BCUT2D eigenvalue weighted by molar-refractivity contribution is 5.92. The van der Waals surface area contributed by atoms with E-state index in [0.29, 0.717) is 11.3 Å². The Morgan fingerprint density at radius 1 is 1.19 bits per heavy atom. The van der Waals surface area contributed by atoms with Crippen LogP contribution in [0.5, 0.6) is 0 Å². The molecule has 0 spiro atoms. The average molecular weight is 361 g/mol. The normalized spacial score (nSPS) is 12.2. The zero-order chi connectivity index (χ0) is 18.3. The largest absolute Gasteiger partial charge is 0.390 e. The maximum absolute atomic E-state index is 12.2. The molecule has 0 aliphatic heterocycles. The van der Waals surface area contributed by atoms with Gasteiger partial charge in [-0.2, -0.15) is 23.3 Å². The van der Waals surface area contributed by atoms with Crippen molar-refractivity contribution in [3.63, 3.8) is 0 Å². The van der Waals surface area contributed by atoms with E-state index in [1.54, 1.807) is 23.1 Å². The van der Waals surface area contributed by atoms with Gasteiger partial charge in [-0.05, 0) is 19.1 Å². The molecule has 0 aliphatic carbocycles. The molecular weight excluding hydrogens is 347 g/mol. The number of aromatic amines is 1. The van der Waals surface area contributed by atoms with Crippen LogP contribution in [-0.4, -0.2) is 42.3 Å². The number of anilines is 1. The summed E-state index contributed by atoms with van der Waals surface area (Å²) in [5.74, 6) is 0.143. The number of nitrogens with one attached hydrogen (secondary N) is 2. The van der Waals surface area contributed by atoms with Crippen LogP contribution in [0, 0.1) is 6.92 Å². The molecule has 0 amide bonds. The first-order valence-electron chi connectivity index (χ1n) is 7.87. The third kappa shape index (κ3) is 3.05. The molecule has 4 heterocycles. The van der Waals surface area contributed by atoms with Crippen molar-refractivity contribution in [3.8, 4) is 11.3 Å². The SMILES string of the molecule is Cc1cnc2ccc(-c3c[nH]c4nc(NCCC(F)(F)F)ncc34)nn12. The maximum Gasteiger partial charge on any atom is 0.390 e. The van der Waals surface area contributed by atoms with E-state index in [-0.39, 0.29) is 12.5 Å². The Kier molecular flexibility index (Phi) is 3.74. The van der Waals surface area contributed by atoms with Crippen LogP contribution in [0.25, 0.3) is 27.9 Å². The molecule has 0 radical (unpaired) electrons. The van der Waals surface area contributed by atoms with Crippen LogP contribution in [0.2, 0.25) is 0 Å². The van der Waals surface area contributed by atoms with Gasteiger partial charge in [-0.15, -0.1) is 0 Å². The summed E-state index contributed by atoms with van der Waals surface area (Å²) in [6.45, 7) is 1.63. The summed E-state index contributed by atoms with van der Waals surface area (Å²) in [6, 6.07) is 3.71. The lowest BCUT2D eigenvalue weighted by molar-refractivity contribution is -0.131. The van der Waals surface area contributed by atoms with E-state index in [1.807, 2.05) is 19.1 Å². The number of imidazole rings is 1. The Morgan fingerprint density at radius 3 is 2.85 bits per heavy atom. The molecule has 0 aliphatic rings. The summed E-state index contributed by atoms with van der Waals surface area (Å²) in [5, 5.41) is 7.88. The minimum absolute atomic E-state index is 0.143. The number of aryl methyl sites for hydroxylation is 1. The van der Waals surface area contributed by atoms with Gasteiger partial charge in [0.2, 0.25) is 5.95 Å². The van der Waals surface area contributed by atoms with Crippen molar-refractivity contribution in [2.75, 3.05) is 11.9 Å². The van der Waals surface area contributed by atoms with Crippen LogP contribution < -0.4 is 5.32 Å². The van der Waals surface area contributed by atoms with Gasteiger partial charge in [0.15, 0.2) is 5.65 Å². The van der Waals surface area contributed by atoms with Gasteiger partial charge in [0.25, 0.3) is 0 Å². The number of hydrogen-bond acceptors (Lipinski definition) is 5. The third-order valence-electron chi connectivity index (χ3n) is 3.93. The summed E-state index contributed by atoms with van der Waals surface area (Å²) >= 11 is 0. The first-order chi connectivity index (χ1) is 12.4. The molecule has 10 heteroatoms. The molecule has 0 unspecified atom stereocenters. The number of nitrogens with zero attached hydrogens (tertiary/aromatic N) is 5. The van der Waals surface area contributed by atoms with Crippen molar-refractivity contribution in [1.82, 2.24) is 29.5 Å². The number of rotatable bonds is 4. The second-order valence-corrected chi connectivity index (χ2v) is 5.84. The quantitative estimate of drug-likeness (QED) is 0.582. The van der Waals surface area contributed by atoms with E-state index in [1.165, 1.54) is 0 Å². The summed E-state index contributed by atoms with van der Waals surface area (Å²) in [7, 11) is 0. The van der Waals surface area contributed by atoms with Gasteiger partial charge < -0.3 is 10.3 Å². The van der Waals surface area contributed by atoms with Crippen LogP contribution in [0.4, 0.5) is 19.1 Å². The fourth-order valence-corrected chi connectivity index (χ4v) is 2.65. The second kappa shape index (κ2) is 5.97. The van der Waals surface area contributed by atoms with E-state index in [2.05, 4.69) is 30.4 Å². The molecule has 2 N–H and O–H groups in total. The van der Waals surface area contributed by atoms with Crippen LogP contribution >= 0.6 is 0 Å². The fourth-order valence-electron chi connectivity index (χ4n) is 2.65. The molecule has 26 heavy (non-hydrogen) atoms. The van der Waals surface area contributed by atoms with Crippen molar-refractivity contribution in [2.45, 2.75) is 19.5 Å². The highest BCUT2D eigenvalue weighted by Crippen LogP contribution is 2.27. The van der Waals surface area contributed by atoms with E-state index < -0.39 is 12.6 Å². The topological polar surface area (TPSA) is 83.8 Å². The zero-order valence-electron chi connectivity index (χ0n) is 13.7. The Labute approximate surface area is 145 Å². The lowest BCUT2D eigenvalue weighted by atomic mass is 10.2. The van der Waals surface area contributed by atoms with E-state index in [0.717, 1.165) is 22.3 Å². The van der Waals surface area contributed by atoms with Crippen LogP contribution in [0.1, 0.15) is 12.1 Å². The molecule has 4 aromatic rings. The minimum Gasteiger partial charge on any atom is -0.354 e. The summed E-state index contributed by atoms with van der Waals surface area (Å²) in [6.07, 6.45) is -0.107. The Balaban J connectivity index is 1.63. The minimum atomic E-state index is -4.22.